The Kier molecular flexibility index (Phi) is 4.16. The lowest BCUT2D eigenvalue weighted by molar-refractivity contribution is -0.125. The van der Waals surface area contributed by atoms with Crippen molar-refractivity contribution in [1.82, 2.24) is 10.2 Å². The van der Waals surface area contributed by atoms with Gasteiger partial charge in [-0.15, -0.1) is 0 Å². The van der Waals surface area contributed by atoms with Crippen molar-refractivity contribution in [1.29, 1.82) is 0 Å². The summed E-state index contributed by atoms with van der Waals surface area (Å²) in [5.41, 5.74) is 3.79. The van der Waals surface area contributed by atoms with Crippen molar-refractivity contribution >= 4 is 11.6 Å². The van der Waals surface area contributed by atoms with Gasteiger partial charge in [-0.1, -0.05) is 42.5 Å². The third-order valence-corrected chi connectivity index (χ3v) is 6.81. The van der Waals surface area contributed by atoms with Crippen LogP contribution in [0.25, 0.3) is 0 Å². The maximum atomic E-state index is 12.8. The van der Waals surface area contributed by atoms with Crippen LogP contribution in [-0.4, -0.2) is 36.1 Å². The van der Waals surface area contributed by atoms with Gasteiger partial charge in [-0.3, -0.25) is 9.69 Å². The number of fused-ring (bicyclic) bond motifs is 1. The lowest BCUT2D eigenvalue weighted by Gasteiger charge is -2.46. The molecule has 1 N–H and O–H groups in total. The summed E-state index contributed by atoms with van der Waals surface area (Å²) in [6.07, 6.45) is 5.49. The molecule has 4 heteroatoms. The number of para-hydroxylation sites is 1. The summed E-state index contributed by atoms with van der Waals surface area (Å²) in [7, 11) is 0. The van der Waals surface area contributed by atoms with Crippen LogP contribution >= 0.6 is 0 Å². The average Bonchev–Trinajstić information content (AvgIpc) is 3.05. The van der Waals surface area contributed by atoms with E-state index in [9.17, 15) is 4.79 Å². The Morgan fingerprint density at radius 2 is 1.70 bits per heavy atom. The molecule has 0 radical (unpaired) electrons. The minimum Gasteiger partial charge on any atom is -0.339 e. The van der Waals surface area contributed by atoms with Gasteiger partial charge in [0.15, 0.2) is 0 Å². The van der Waals surface area contributed by atoms with Crippen LogP contribution in [0.2, 0.25) is 0 Å². The Labute approximate surface area is 161 Å². The number of likely N-dealkylation sites (tertiary alicyclic amines) is 1. The van der Waals surface area contributed by atoms with Gasteiger partial charge in [0, 0.05) is 24.8 Å². The zero-order chi connectivity index (χ0) is 18.3. The van der Waals surface area contributed by atoms with Gasteiger partial charge >= 0.3 is 0 Å². The summed E-state index contributed by atoms with van der Waals surface area (Å²) in [6.45, 7) is 2.58. The number of nitrogens with zero attached hydrogens (tertiary/aromatic N) is 2. The first-order valence-corrected chi connectivity index (χ1v) is 10.2. The van der Waals surface area contributed by atoms with E-state index in [1.54, 1.807) is 0 Å². The number of piperidine rings is 1. The number of amides is 1. The Hall–Kier alpha value is -2.33. The number of benzene rings is 2. The van der Waals surface area contributed by atoms with Crippen molar-refractivity contribution in [3.63, 3.8) is 0 Å². The van der Waals surface area contributed by atoms with Crippen molar-refractivity contribution in [2.75, 3.05) is 24.7 Å². The highest BCUT2D eigenvalue weighted by Crippen LogP contribution is 2.41. The summed E-state index contributed by atoms with van der Waals surface area (Å²) in [6, 6.07) is 19.8. The molecule has 2 fully saturated rings. The average molecular weight is 361 g/mol. The van der Waals surface area contributed by atoms with E-state index < -0.39 is 0 Å². The number of hydrogen-bond donors (Lipinski definition) is 1. The Bertz CT molecular complexity index is 827. The van der Waals surface area contributed by atoms with Crippen LogP contribution in [0.5, 0.6) is 0 Å². The predicted molar refractivity (Wildman–Crippen MR) is 108 cm³/mol. The molecule has 2 heterocycles. The first kappa shape index (κ1) is 16.8. The zero-order valence-electron chi connectivity index (χ0n) is 15.7. The summed E-state index contributed by atoms with van der Waals surface area (Å²) < 4.78 is 0. The SMILES string of the molecule is O=C1NCN(c2ccccc2)C12CCN([C@@H]1CCCc3ccccc31)CC2. The molecule has 0 aromatic heterocycles. The standard InChI is InChI=1S/C23H27N3O/c27-22-23(26(17-24-22)19-9-2-1-3-10-19)13-15-25(16-14-23)21-12-6-8-18-7-4-5-11-20(18)21/h1-5,7,9-11,21H,6,8,12-17H2,(H,24,27)/t21-/m1/s1. The number of nitrogens with one attached hydrogen (secondary N) is 1. The molecule has 27 heavy (non-hydrogen) atoms. The predicted octanol–water partition coefficient (Wildman–Crippen LogP) is 3.49. The molecule has 5 rings (SSSR count). The molecule has 1 amide bonds. The Morgan fingerprint density at radius 1 is 0.963 bits per heavy atom. The number of aryl methyl sites for hydroxylation is 1. The fraction of sp³-hybridized carbons (Fsp3) is 0.435. The maximum absolute atomic E-state index is 12.8. The fourth-order valence-electron chi connectivity index (χ4n) is 5.35. The molecular formula is C23H27N3O. The molecule has 1 aliphatic carbocycles. The second-order valence-electron chi connectivity index (χ2n) is 8.10. The highest BCUT2D eigenvalue weighted by atomic mass is 16.2. The third kappa shape index (κ3) is 2.74. The summed E-state index contributed by atoms with van der Waals surface area (Å²) >= 11 is 0. The monoisotopic (exact) mass is 361 g/mol. The molecule has 0 unspecified atom stereocenters. The van der Waals surface area contributed by atoms with Crippen LogP contribution in [0.3, 0.4) is 0 Å². The molecule has 1 spiro atoms. The minimum absolute atomic E-state index is 0.204. The second-order valence-corrected chi connectivity index (χ2v) is 8.10. The van der Waals surface area contributed by atoms with Crippen LogP contribution in [0, 0.1) is 0 Å². The highest BCUT2D eigenvalue weighted by Gasteiger charge is 2.51. The smallest absolute Gasteiger partial charge is 0.247 e. The van der Waals surface area contributed by atoms with Gasteiger partial charge in [-0.25, -0.2) is 0 Å². The topological polar surface area (TPSA) is 35.6 Å². The normalized spacial score (nSPS) is 24.7. The summed E-state index contributed by atoms with van der Waals surface area (Å²) in [4.78, 5) is 17.8. The minimum atomic E-state index is -0.383. The van der Waals surface area contributed by atoms with E-state index in [-0.39, 0.29) is 11.4 Å². The fourth-order valence-corrected chi connectivity index (χ4v) is 5.35. The van der Waals surface area contributed by atoms with E-state index in [1.807, 2.05) is 6.07 Å². The largest absolute Gasteiger partial charge is 0.339 e. The van der Waals surface area contributed by atoms with Crippen molar-refractivity contribution in [3.05, 3.63) is 65.7 Å². The van der Waals surface area contributed by atoms with Gasteiger partial charge < -0.3 is 10.2 Å². The first-order valence-electron chi connectivity index (χ1n) is 10.2. The van der Waals surface area contributed by atoms with Crippen LogP contribution in [0.15, 0.2) is 54.6 Å². The zero-order valence-corrected chi connectivity index (χ0v) is 15.7. The van der Waals surface area contributed by atoms with Crippen LogP contribution in [-0.2, 0) is 11.2 Å². The molecular weight excluding hydrogens is 334 g/mol. The number of carbonyl (C=O) groups is 1. The molecule has 2 aliphatic heterocycles. The highest BCUT2D eigenvalue weighted by molar-refractivity contribution is 5.93. The van der Waals surface area contributed by atoms with Crippen molar-refractivity contribution in [2.45, 2.75) is 43.7 Å². The number of carbonyl (C=O) groups excluding carboxylic acids is 1. The van der Waals surface area contributed by atoms with E-state index in [1.165, 1.54) is 30.4 Å². The van der Waals surface area contributed by atoms with E-state index in [4.69, 9.17) is 0 Å². The van der Waals surface area contributed by atoms with Gasteiger partial charge in [-0.2, -0.15) is 0 Å². The molecule has 3 aliphatic rings. The molecule has 2 saturated heterocycles. The molecule has 140 valence electrons. The van der Waals surface area contributed by atoms with Crippen LogP contribution in [0.1, 0.15) is 42.9 Å². The number of anilines is 1. The van der Waals surface area contributed by atoms with E-state index in [0.717, 1.165) is 31.6 Å². The van der Waals surface area contributed by atoms with E-state index in [2.05, 4.69) is 63.6 Å². The van der Waals surface area contributed by atoms with E-state index in [0.29, 0.717) is 12.7 Å². The molecule has 1 atom stereocenters. The van der Waals surface area contributed by atoms with Gasteiger partial charge in [0.25, 0.3) is 0 Å². The quantitative estimate of drug-likeness (QED) is 0.889. The molecule has 2 aromatic rings. The second kappa shape index (κ2) is 6.68. The Balaban J connectivity index is 1.37. The van der Waals surface area contributed by atoms with Gasteiger partial charge in [-0.05, 0) is 55.4 Å². The summed E-state index contributed by atoms with van der Waals surface area (Å²) in [5, 5.41) is 3.11. The third-order valence-electron chi connectivity index (χ3n) is 6.81. The van der Waals surface area contributed by atoms with Gasteiger partial charge in [0.1, 0.15) is 5.54 Å². The van der Waals surface area contributed by atoms with Crippen LogP contribution in [0.4, 0.5) is 5.69 Å². The molecule has 0 saturated carbocycles. The van der Waals surface area contributed by atoms with Crippen molar-refractivity contribution in [2.24, 2.45) is 0 Å². The van der Waals surface area contributed by atoms with Gasteiger partial charge in [0.05, 0.1) is 6.67 Å². The summed E-state index contributed by atoms with van der Waals surface area (Å²) in [5.74, 6) is 0.204. The van der Waals surface area contributed by atoms with Crippen LogP contribution < -0.4 is 10.2 Å². The Morgan fingerprint density at radius 3 is 2.52 bits per heavy atom. The maximum Gasteiger partial charge on any atom is 0.247 e. The van der Waals surface area contributed by atoms with E-state index >= 15 is 0 Å². The lowest BCUT2D eigenvalue weighted by atomic mass is 9.82. The van der Waals surface area contributed by atoms with Crippen molar-refractivity contribution < 1.29 is 4.79 Å². The van der Waals surface area contributed by atoms with Gasteiger partial charge in [0.2, 0.25) is 5.91 Å². The molecule has 0 bridgehead atoms. The number of hydrogen-bond acceptors (Lipinski definition) is 3. The molecule has 4 nitrogen and oxygen atoms in total. The molecule has 2 aromatic carbocycles. The number of rotatable bonds is 2. The first-order chi connectivity index (χ1) is 13.3. The lowest BCUT2D eigenvalue weighted by Crippen LogP contribution is -2.57. The van der Waals surface area contributed by atoms with Crippen molar-refractivity contribution in [3.8, 4) is 0 Å².